The SMILES string of the molecule is COC(=O)[C@@H]1CC(=O)NN(S(=O)(=O)c2ccc(Cl)cc2)C1. The summed E-state index contributed by atoms with van der Waals surface area (Å²) in [7, 11) is -2.76. The lowest BCUT2D eigenvalue weighted by Gasteiger charge is -2.30. The predicted octanol–water partition coefficient (Wildman–Crippen LogP) is 0.555. The Labute approximate surface area is 126 Å². The zero-order valence-electron chi connectivity index (χ0n) is 11.1. The molecular formula is C12H13ClN2O5S. The average Bonchev–Trinajstić information content (AvgIpc) is 2.46. The first-order valence-electron chi connectivity index (χ1n) is 6.00. The van der Waals surface area contributed by atoms with Gasteiger partial charge in [-0.2, -0.15) is 0 Å². The lowest BCUT2D eigenvalue weighted by atomic mass is 10.0. The number of sulfonamides is 1. The number of nitrogens with one attached hydrogen (secondary N) is 1. The fourth-order valence-electron chi connectivity index (χ4n) is 1.94. The molecule has 1 amide bonds. The van der Waals surface area contributed by atoms with E-state index < -0.39 is 27.8 Å². The summed E-state index contributed by atoms with van der Waals surface area (Å²) in [6.07, 6.45) is -0.112. The Hall–Kier alpha value is -1.64. The Balaban J connectivity index is 2.28. The van der Waals surface area contributed by atoms with Crippen LogP contribution in [0.4, 0.5) is 0 Å². The van der Waals surface area contributed by atoms with Crippen molar-refractivity contribution in [2.45, 2.75) is 11.3 Å². The Bertz CT molecular complexity index is 659. The van der Waals surface area contributed by atoms with E-state index in [1.807, 2.05) is 0 Å². The van der Waals surface area contributed by atoms with Gasteiger partial charge < -0.3 is 4.74 Å². The number of amides is 1. The second-order valence-electron chi connectivity index (χ2n) is 4.45. The zero-order valence-corrected chi connectivity index (χ0v) is 12.6. The fraction of sp³-hybridized carbons (Fsp3) is 0.333. The van der Waals surface area contributed by atoms with Crippen molar-refractivity contribution in [3.05, 3.63) is 29.3 Å². The molecule has 1 atom stereocenters. The molecule has 0 saturated carbocycles. The van der Waals surface area contributed by atoms with Crippen LogP contribution >= 0.6 is 11.6 Å². The number of hydrogen-bond acceptors (Lipinski definition) is 5. The summed E-state index contributed by atoms with van der Waals surface area (Å²) in [6, 6.07) is 5.51. The van der Waals surface area contributed by atoms with Gasteiger partial charge in [-0.25, -0.2) is 8.42 Å². The molecule has 114 valence electrons. The van der Waals surface area contributed by atoms with E-state index in [0.717, 1.165) is 4.41 Å². The van der Waals surface area contributed by atoms with Gasteiger partial charge in [0.2, 0.25) is 5.91 Å². The van der Waals surface area contributed by atoms with Crippen molar-refractivity contribution in [3.8, 4) is 0 Å². The molecule has 0 aliphatic carbocycles. The van der Waals surface area contributed by atoms with Crippen LogP contribution in [0.2, 0.25) is 5.02 Å². The van der Waals surface area contributed by atoms with Gasteiger partial charge in [0, 0.05) is 18.0 Å². The van der Waals surface area contributed by atoms with Crippen LogP contribution < -0.4 is 5.43 Å². The van der Waals surface area contributed by atoms with Crippen molar-refractivity contribution in [1.29, 1.82) is 0 Å². The third-order valence-electron chi connectivity index (χ3n) is 3.00. The van der Waals surface area contributed by atoms with Gasteiger partial charge in [-0.3, -0.25) is 15.0 Å². The zero-order chi connectivity index (χ0) is 15.6. The smallest absolute Gasteiger partial charge is 0.310 e. The van der Waals surface area contributed by atoms with Crippen molar-refractivity contribution in [1.82, 2.24) is 9.84 Å². The quantitative estimate of drug-likeness (QED) is 0.816. The average molecular weight is 333 g/mol. The Morgan fingerprint density at radius 1 is 1.38 bits per heavy atom. The predicted molar refractivity (Wildman–Crippen MR) is 73.6 cm³/mol. The van der Waals surface area contributed by atoms with Crippen LogP contribution in [0, 0.1) is 5.92 Å². The maximum absolute atomic E-state index is 12.4. The van der Waals surface area contributed by atoms with Crippen LogP contribution in [0.15, 0.2) is 29.2 Å². The van der Waals surface area contributed by atoms with Crippen LogP contribution in [0.5, 0.6) is 0 Å². The van der Waals surface area contributed by atoms with Gasteiger partial charge in [-0.1, -0.05) is 11.6 Å². The van der Waals surface area contributed by atoms with E-state index in [1.54, 1.807) is 0 Å². The minimum absolute atomic E-state index is 0.0299. The normalized spacial score (nSPS) is 19.9. The van der Waals surface area contributed by atoms with Gasteiger partial charge in [-0.05, 0) is 24.3 Å². The molecule has 0 bridgehead atoms. The van der Waals surface area contributed by atoms with E-state index >= 15 is 0 Å². The summed E-state index contributed by atoms with van der Waals surface area (Å²) in [5.41, 5.74) is 2.24. The molecule has 1 aliphatic rings. The van der Waals surface area contributed by atoms with Crippen LogP contribution in [0.25, 0.3) is 0 Å². The molecule has 2 rings (SSSR count). The molecule has 1 aliphatic heterocycles. The summed E-state index contributed by atoms with van der Waals surface area (Å²) in [5.74, 6) is -2.01. The van der Waals surface area contributed by atoms with Gasteiger partial charge in [0.15, 0.2) is 0 Å². The number of nitrogens with zero attached hydrogens (tertiary/aromatic N) is 1. The number of benzene rings is 1. The number of halogens is 1. The maximum atomic E-state index is 12.4. The highest BCUT2D eigenvalue weighted by Crippen LogP contribution is 2.21. The van der Waals surface area contributed by atoms with Crippen molar-refractivity contribution < 1.29 is 22.7 Å². The van der Waals surface area contributed by atoms with Gasteiger partial charge in [-0.15, -0.1) is 4.41 Å². The molecule has 1 N–H and O–H groups in total. The van der Waals surface area contributed by atoms with E-state index in [0.29, 0.717) is 5.02 Å². The van der Waals surface area contributed by atoms with Gasteiger partial charge in [0.05, 0.1) is 17.9 Å². The van der Waals surface area contributed by atoms with Crippen LogP contribution in [0.3, 0.4) is 0 Å². The molecule has 1 saturated heterocycles. The third-order valence-corrected chi connectivity index (χ3v) is 4.94. The molecule has 21 heavy (non-hydrogen) atoms. The first kappa shape index (κ1) is 15.7. The molecular weight excluding hydrogens is 320 g/mol. The first-order valence-corrected chi connectivity index (χ1v) is 7.82. The maximum Gasteiger partial charge on any atom is 0.310 e. The molecule has 0 unspecified atom stereocenters. The highest BCUT2D eigenvalue weighted by Gasteiger charge is 2.37. The molecule has 7 nitrogen and oxygen atoms in total. The molecule has 1 fully saturated rings. The summed E-state index contributed by atoms with van der Waals surface area (Å²) >= 11 is 5.71. The molecule has 1 aromatic rings. The summed E-state index contributed by atoms with van der Waals surface area (Å²) in [6.45, 7) is -0.177. The van der Waals surface area contributed by atoms with E-state index in [-0.39, 0.29) is 17.9 Å². The molecule has 0 spiro atoms. The number of hydrogen-bond donors (Lipinski definition) is 1. The van der Waals surface area contributed by atoms with Crippen molar-refractivity contribution >= 4 is 33.5 Å². The molecule has 0 radical (unpaired) electrons. The molecule has 1 heterocycles. The van der Waals surface area contributed by atoms with E-state index in [2.05, 4.69) is 10.2 Å². The van der Waals surface area contributed by atoms with Crippen molar-refractivity contribution in [2.24, 2.45) is 5.92 Å². The number of ether oxygens (including phenoxy) is 1. The van der Waals surface area contributed by atoms with E-state index in [1.165, 1.54) is 31.4 Å². The van der Waals surface area contributed by atoms with Crippen LogP contribution in [-0.4, -0.2) is 38.4 Å². The number of methoxy groups -OCH3 is 1. The minimum Gasteiger partial charge on any atom is -0.469 e. The lowest BCUT2D eigenvalue weighted by Crippen LogP contribution is -2.54. The van der Waals surface area contributed by atoms with E-state index in [9.17, 15) is 18.0 Å². The van der Waals surface area contributed by atoms with Crippen LogP contribution in [-0.2, 0) is 24.3 Å². The first-order chi connectivity index (χ1) is 9.84. The summed E-state index contributed by atoms with van der Waals surface area (Å²) in [5, 5.41) is 0.393. The summed E-state index contributed by atoms with van der Waals surface area (Å²) in [4.78, 5) is 23.1. The topological polar surface area (TPSA) is 92.8 Å². The van der Waals surface area contributed by atoms with Gasteiger partial charge in [0.1, 0.15) is 0 Å². The third kappa shape index (κ3) is 3.34. The number of carbonyl (C=O) groups is 2. The largest absolute Gasteiger partial charge is 0.469 e. The van der Waals surface area contributed by atoms with Gasteiger partial charge in [0.25, 0.3) is 10.0 Å². The van der Waals surface area contributed by atoms with Crippen LogP contribution in [0.1, 0.15) is 6.42 Å². The number of carbonyl (C=O) groups excluding carboxylic acids is 2. The second-order valence-corrected chi connectivity index (χ2v) is 6.75. The standard InChI is InChI=1S/C12H13ClN2O5S/c1-20-12(17)8-6-11(16)14-15(7-8)21(18,19)10-4-2-9(13)3-5-10/h2-5,8H,6-7H2,1H3,(H,14,16)/t8-/m1/s1. The van der Waals surface area contributed by atoms with E-state index in [4.69, 9.17) is 11.6 Å². The fourth-order valence-corrected chi connectivity index (χ4v) is 3.39. The number of hydrazine groups is 1. The monoisotopic (exact) mass is 332 g/mol. The minimum atomic E-state index is -3.95. The number of rotatable bonds is 3. The molecule has 9 heteroatoms. The highest BCUT2D eigenvalue weighted by molar-refractivity contribution is 7.89. The summed E-state index contributed by atoms with van der Waals surface area (Å²) < 4.78 is 30.1. The van der Waals surface area contributed by atoms with Gasteiger partial charge >= 0.3 is 5.97 Å². The molecule has 1 aromatic carbocycles. The van der Waals surface area contributed by atoms with Crippen molar-refractivity contribution in [3.63, 3.8) is 0 Å². The number of esters is 1. The second kappa shape index (κ2) is 6.00. The highest BCUT2D eigenvalue weighted by atomic mass is 35.5. The Morgan fingerprint density at radius 3 is 2.57 bits per heavy atom. The van der Waals surface area contributed by atoms with Crippen molar-refractivity contribution in [2.75, 3.05) is 13.7 Å². The Kier molecular flexibility index (Phi) is 4.50. The Morgan fingerprint density at radius 2 is 2.00 bits per heavy atom. The lowest BCUT2D eigenvalue weighted by molar-refractivity contribution is -0.150. The molecule has 0 aromatic heterocycles.